The van der Waals surface area contributed by atoms with Crippen molar-refractivity contribution in [2.75, 3.05) is 13.2 Å². The molecule has 1 N–H and O–H groups in total. The van der Waals surface area contributed by atoms with Gasteiger partial charge in [0.15, 0.2) is 12.6 Å². The standard InChI is InChI=1S/C15H22O7/c1-4-19-12(17)10-8-15(7-6-11(10)16,13(18)20-5-2)14-21-9(3)22-14/h9,14,16H,4-8H2,1-3H3. The van der Waals surface area contributed by atoms with E-state index in [4.69, 9.17) is 18.9 Å². The summed E-state index contributed by atoms with van der Waals surface area (Å²) in [5, 5.41) is 9.98. The zero-order chi connectivity index (χ0) is 16.3. The third kappa shape index (κ3) is 2.96. The Hall–Kier alpha value is -1.60. The SMILES string of the molecule is CCOC(=O)C1=C(O)CCC(C(=O)OCC)(C2OC(C)O2)C1. The third-order valence-corrected chi connectivity index (χ3v) is 3.93. The van der Waals surface area contributed by atoms with Crippen molar-refractivity contribution in [1.29, 1.82) is 0 Å². The Morgan fingerprint density at radius 1 is 1.27 bits per heavy atom. The highest BCUT2D eigenvalue weighted by Gasteiger charge is 2.56. The minimum Gasteiger partial charge on any atom is -0.512 e. The van der Waals surface area contributed by atoms with E-state index >= 15 is 0 Å². The van der Waals surface area contributed by atoms with Gasteiger partial charge in [0.2, 0.25) is 0 Å². The van der Waals surface area contributed by atoms with Crippen LogP contribution < -0.4 is 0 Å². The number of aliphatic hydroxyl groups is 1. The fraction of sp³-hybridized carbons (Fsp3) is 0.733. The van der Waals surface area contributed by atoms with Gasteiger partial charge in [0, 0.05) is 12.8 Å². The molecule has 0 aromatic carbocycles. The number of aliphatic hydroxyl groups excluding tert-OH is 1. The molecular formula is C15H22O7. The number of hydrogen-bond acceptors (Lipinski definition) is 7. The van der Waals surface area contributed by atoms with E-state index in [1.165, 1.54) is 0 Å². The average Bonchev–Trinajstić information content (AvgIpc) is 2.45. The first kappa shape index (κ1) is 16.8. The maximum absolute atomic E-state index is 12.5. The van der Waals surface area contributed by atoms with Gasteiger partial charge < -0.3 is 24.1 Å². The first-order chi connectivity index (χ1) is 10.4. The molecule has 0 aromatic rings. The van der Waals surface area contributed by atoms with E-state index in [1.807, 2.05) is 0 Å². The van der Waals surface area contributed by atoms with Crippen molar-refractivity contribution in [2.45, 2.75) is 52.6 Å². The highest BCUT2D eigenvalue weighted by Crippen LogP contribution is 2.47. The number of rotatable bonds is 5. The Morgan fingerprint density at radius 3 is 2.45 bits per heavy atom. The van der Waals surface area contributed by atoms with E-state index in [-0.39, 0.29) is 43.8 Å². The van der Waals surface area contributed by atoms with Gasteiger partial charge in [-0.25, -0.2) is 4.79 Å². The van der Waals surface area contributed by atoms with Crippen molar-refractivity contribution in [1.82, 2.24) is 0 Å². The summed E-state index contributed by atoms with van der Waals surface area (Å²) < 4.78 is 21.1. The molecule has 1 aliphatic carbocycles. The maximum atomic E-state index is 12.5. The lowest BCUT2D eigenvalue weighted by atomic mass is 9.72. The Labute approximate surface area is 129 Å². The second-order valence-corrected chi connectivity index (χ2v) is 5.37. The summed E-state index contributed by atoms with van der Waals surface area (Å²) in [5.74, 6) is -1.16. The minimum atomic E-state index is -1.13. The van der Waals surface area contributed by atoms with Gasteiger partial charge in [-0.1, -0.05) is 0 Å². The lowest BCUT2D eigenvalue weighted by Crippen LogP contribution is -2.56. The fourth-order valence-electron chi connectivity index (χ4n) is 2.77. The molecule has 7 heteroatoms. The van der Waals surface area contributed by atoms with Crippen LogP contribution >= 0.6 is 0 Å². The molecule has 0 amide bonds. The van der Waals surface area contributed by atoms with Crippen LogP contribution in [0.15, 0.2) is 11.3 Å². The van der Waals surface area contributed by atoms with Crippen molar-refractivity contribution in [3.63, 3.8) is 0 Å². The molecule has 0 aromatic heterocycles. The smallest absolute Gasteiger partial charge is 0.337 e. The number of esters is 2. The van der Waals surface area contributed by atoms with Gasteiger partial charge in [-0.2, -0.15) is 0 Å². The van der Waals surface area contributed by atoms with E-state index < -0.39 is 29.9 Å². The molecule has 1 heterocycles. The largest absolute Gasteiger partial charge is 0.512 e. The highest BCUT2D eigenvalue weighted by molar-refractivity contribution is 5.91. The van der Waals surface area contributed by atoms with Crippen LogP contribution in [-0.2, 0) is 28.5 Å². The Morgan fingerprint density at radius 2 is 1.91 bits per heavy atom. The molecule has 7 nitrogen and oxygen atoms in total. The molecule has 1 saturated heterocycles. The van der Waals surface area contributed by atoms with Gasteiger partial charge in [0.1, 0.15) is 11.2 Å². The molecule has 0 saturated carbocycles. The Bertz CT molecular complexity index is 478. The molecule has 0 bridgehead atoms. The van der Waals surface area contributed by atoms with Crippen LogP contribution in [0.2, 0.25) is 0 Å². The molecule has 2 rings (SSSR count). The molecule has 0 radical (unpaired) electrons. The zero-order valence-electron chi connectivity index (χ0n) is 13.1. The average molecular weight is 314 g/mol. The van der Waals surface area contributed by atoms with Crippen LogP contribution in [0.5, 0.6) is 0 Å². The van der Waals surface area contributed by atoms with E-state index in [0.717, 1.165) is 0 Å². The second kappa shape index (κ2) is 6.66. The summed E-state index contributed by atoms with van der Waals surface area (Å²) >= 11 is 0. The number of carbonyl (C=O) groups is 2. The van der Waals surface area contributed by atoms with E-state index in [1.54, 1.807) is 20.8 Å². The van der Waals surface area contributed by atoms with E-state index in [2.05, 4.69) is 0 Å². The van der Waals surface area contributed by atoms with Crippen LogP contribution in [0.25, 0.3) is 0 Å². The number of ether oxygens (including phenoxy) is 4. The summed E-state index contributed by atoms with van der Waals surface area (Å²) in [6.45, 7) is 5.51. The van der Waals surface area contributed by atoms with Crippen molar-refractivity contribution < 1.29 is 33.6 Å². The molecule has 1 fully saturated rings. The Kier molecular flexibility index (Phi) is 5.08. The van der Waals surface area contributed by atoms with Crippen LogP contribution in [0.4, 0.5) is 0 Å². The Balaban J connectivity index is 2.27. The predicted octanol–water partition coefficient (Wildman–Crippen LogP) is 1.81. The maximum Gasteiger partial charge on any atom is 0.337 e. The molecule has 22 heavy (non-hydrogen) atoms. The molecular weight excluding hydrogens is 292 g/mol. The monoisotopic (exact) mass is 314 g/mol. The van der Waals surface area contributed by atoms with Gasteiger partial charge in [0.05, 0.1) is 18.8 Å². The first-order valence-corrected chi connectivity index (χ1v) is 7.50. The van der Waals surface area contributed by atoms with Gasteiger partial charge >= 0.3 is 11.9 Å². The van der Waals surface area contributed by atoms with Crippen molar-refractivity contribution in [3.8, 4) is 0 Å². The van der Waals surface area contributed by atoms with Crippen molar-refractivity contribution in [2.24, 2.45) is 5.41 Å². The molecule has 0 spiro atoms. The minimum absolute atomic E-state index is 0.0200. The van der Waals surface area contributed by atoms with Crippen LogP contribution in [0.1, 0.15) is 40.0 Å². The molecule has 1 unspecified atom stereocenters. The quantitative estimate of drug-likeness (QED) is 0.774. The van der Waals surface area contributed by atoms with Crippen molar-refractivity contribution in [3.05, 3.63) is 11.3 Å². The molecule has 1 atom stereocenters. The lowest BCUT2D eigenvalue weighted by molar-refractivity contribution is -0.407. The van der Waals surface area contributed by atoms with Gasteiger partial charge in [0.25, 0.3) is 0 Å². The van der Waals surface area contributed by atoms with Gasteiger partial charge in [-0.05, 0) is 27.2 Å². The van der Waals surface area contributed by atoms with E-state index in [9.17, 15) is 14.7 Å². The fourth-order valence-corrected chi connectivity index (χ4v) is 2.77. The summed E-state index contributed by atoms with van der Waals surface area (Å²) in [7, 11) is 0. The summed E-state index contributed by atoms with van der Waals surface area (Å²) in [4.78, 5) is 24.5. The summed E-state index contributed by atoms with van der Waals surface area (Å²) in [6.07, 6.45) is -0.739. The number of allylic oxidation sites excluding steroid dienone is 1. The number of hydrogen-bond donors (Lipinski definition) is 1. The summed E-state index contributed by atoms with van der Waals surface area (Å²) in [5.41, 5.74) is -1.04. The van der Waals surface area contributed by atoms with Gasteiger partial charge in [-0.15, -0.1) is 0 Å². The first-order valence-electron chi connectivity index (χ1n) is 7.50. The molecule has 124 valence electrons. The predicted molar refractivity (Wildman–Crippen MR) is 74.6 cm³/mol. The zero-order valence-corrected chi connectivity index (χ0v) is 13.1. The van der Waals surface area contributed by atoms with E-state index in [0.29, 0.717) is 0 Å². The lowest BCUT2D eigenvalue weighted by Gasteiger charge is -2.47. The molecule has 2 aliphatic rings. The third-order valence-electron chi connectivity index (χ3n) is 3.93. The van der Waals surface area contributed by atoms with Crippen molar-refractivity contribution >= 4 is 11.9 Å². The number of carbonyl (C=O) groups excluding carboxylic acids is 2. The van der Waals surface area contributed by atoms with Crippen LogP contribution in [0.3, 0.4) is 0 Å². The topological polar surface area (TPSA) is 91.3 Å². The summed E-state index contributed by atoms with van der Waals surface area (Å²) in [6, 6.07) is 0. The normalized spacial score (nSPS) is 31.4. The van der Waals surface area contributed by atoms with Crippen LogP contribution in [-0.4, -0.2) is 42.8 Å². The van der Waals surface area contributed by atoms with Crippen LogP contribution in [0, 0.1) is 5.41 Å². The molecule has 1 aliphatic heterocycles. The second-order valence-electron chi connectivity index (χ2n) is 5.37. The highest BCUT2D eigenvalue weighted by atomic mass is 16.9. The van der Waals surface area contributed by atoms with Gasteiger partial charge in [-0.3, -0.25) is 4.79 Å².